The van der Waals surface area contributed by atoms with E-state index in [4.69, 9.17) is 9.72 Å². The SMILES string of the molecule is COCC(=O)CCc1ccc(-c2ccc3c(C4CCCC[C@@H]4C)nc(C4CCCC[C@@H]4C)c(C)c3c2)cc1. The third kappa shape index (κ3) is 5.73. The van der Waals surface area contributed by atoms with Gasteiger partial charge in [0, 0.05) is 36.4 Å². The van der Waals surface area contributed by atoms with Crippen LogP contribution in [0.15, 0.2) is 42.5 Å². The molecule has 0 saturated heterocycles. The number of ketones is 1. The predicted molar refractivity (Wildman–Crippen MR) is 158 cm³/mol. The number of carbonyl (C=O) groups excluding carboxylic acids is 1. The molecule has 38 heavy (non-hydrogen) atoms. The van der Waals surface area contributed by atoms with Crippen LogP contribution < -0.4 is 0 Å². The highest BCUT2D eigenvalue weighted by atomic mass is 16.5. The Morgan fingerprint density at radius 1 is 0.816 bits per heavy atom. The van der Waals surface area contributed by atoms with Crippen molar-refractivity contribution in [2.75, 3.05) is 13.7 Å². The van der Waals surface area contributed by atoms with Gasteiger partial charge in [0.15, 0.2) is 5.78 Å². The zero-order chi connectivity index (χ0) is 26.6. The second kappa shape index (κ2) is 12.1. The molecule has 3 heteroatoms. The van der Waals surface area contributed by atoms with Crippen molar-refractivity contribution in [2.45, 2.75) is 96.8 Å². The van der Waals surface area contributed by atoms with Crippen molar-refractivity contribution < 1.29 is 9.53 Å². The highest BCUT2D eigenvalue weighted by Gasteiger charge is 2.31. The van der Waals surface area contributed by atoms with Crippen molar-refractivity contribution in [1.29, 1.82) is 0 Å². The molecule has 2 saturated carbocycles. The maximum Gasteiger partial charge on any atom is 0.158 e. The fraction of sp³-hybridized carbons (Fsp3) is 0.543. The minimum atomic E-state index is 0.154. The van der Waals surface area contributed by atoms with Crippen molar-refractivity contribution >= 4 is 16.6 Å². The molecule has 3 nitrogen and oxygen atoms in total. The van der Waals surface area contributed by atoms with Gasteiger partial charge in [0.1, 0.15) is 6.61 Å². The first kappa shape index (κ1) is 27.1. The van der Waals surface area contributed by atoms with Crippen LogP contribution in [-0.2, 0) is 16.0 Å². The quantitative estimate of drug-likeness (QED) is 0.303. The highest BCUT2D eigenvalue weighted by Crippen LogP contribution is 2.44. The number of Topliss-reactive ketones (excluding diaryl/α,β-unsaturated/α-hetero) is 1. The average molecular weight is 512 g/mol. The molecule has 2 fully saturated rings. The number of benzene rings is 2. The van der Waals surface area contributed by atoms with Crippen LogP contribution in [0.4, 0.5) is 0 Å². The third-order valence-corrected chi connectivity index (χ3v) is 9.54. The number of aromatic nitrogens is 1. The number of methoxy groups -OCH3 is 1. The van der Waals surface area contributed by atoms with Crippen molar-refractivity contribution in [3.63, 3.8) is 0 Å². The lowest BCUT2D eigenvalue weighted by molar-refractivity contribution is -0.122. The lowest BCUT2D eigenvalue weighted by Gasteiger charge is -2.33. The van der Waals surface area contributed by atoms with Gasteiger partial charge in [-0.2, -0.15) is 0 Å². The molecule has 5 rings (SSSR count). The Labute approximate surface area is 229 Å². The van der Waals surface area contributed by atoms with Gasteiger partial charge >= 0.3 is 0 Å². The molecule has 3 aromatic rings. The zero-order valence-electron chi connectivity index (χ0n) is 23.9. The van der Waals surface area contributed by atoms with Crippen LogP contribution in [0.5, 0.6) is 0 Å². The maximum absolute atomic E-state index is 11.9. The zero-order valence-corrected chi connectivity index (χ0v) is 23.9. The molecule has 202 valence electrons. The van der Waals surface area contributed by atoms with Crippen LogP contribution in [0, 0.1) is 18.8 Å². The lowest BCUT2D eigenvalue weighted by Crippen LogP contribution is -2.21. The fourth-order valence-electron chi connectivity index (χ4n) is 7.14. The number of nitrogens with zero attached hydrogens (tertiary/aromatic N) is 1. The summed E-state index contributed by atoms with van der Waals surface area (Å²) in [6.07, 6.45) is 11.8. The maximum atomic E-state index is 11.9. The number of carbonyl (C=O) groups is 1. The minimum Gasteiger partial charge on any atom is -0.377 e. The Morgan fingerprint density at radius 3 is 2.05 bits per heavy atom. The normalized spacial score (nSPS) is 24.0. The fourth-order valence-corrected chi connectivity index (χ4v) is 7.14. The number of fused-ring (bicyclic) bond motifs is 1. The Balaban J connectivity index is 1.53. The van der Waals surface area contributed by atoms with E-state index in [1.165, 1.54) is 95.8 Å². The van der Waals surface area contributed by atoms with E-state index in [0.29, 0.717) is 30.1 Å². The van der Waals surface area contributed by atoms with Gasteiger partial charge in [-0.1, -0.05) is 88.8 Å². The first-order valence-electron chi connectivity index (χ1n) is 15.0. The van der Waals surface area contributed by atoms with E-state index in [1.54, 1.807) is 7.11 Å². The molecule has 0 aliphatic heterocycles. The van der Waals surface area contributed by atoms with Gasteiger partial charge in [-0.25, -0.2) is 0 Å². The molecule has 0 amide bonds. The molecule has 0 N–H and O–H groups in total. The predicted octanol–water partition coefficient (Wildman–Crippen LogP) is 8.95. The van der Waals surface area contributed by atoms with Crippen molar-refractivity contribution in [3.8, 4) is 11.1 Å². The molecular formula is C35H45NO2. The van der Waals surface area contributed by atoms with Gasteiger partial charge in [0.25, 0.3) is 0 Å². The van der Waals surface area contributed by atoms with E-state index in [9.17, 15) is 4.79 Å². The van der Waals surface area contributed by atoms with E-state index in [-0.39, 0.29) is 12.4 Å². The van der Waals surface area contributed by atoms with Gasteiger partial charge in [-0.3, -0.25) is 9.78 Å². The standard InChI is InChI=1S/C35H45NO2/c1-23-9-5-7-11-30(23)34-25(3)33-21-28(27-16-13-26(14-17-27)15-19-29(37)22-38-4)18-20-32(33)35(36-34)31-12-8-6-10-24(31)2/h13-14,16-18,20-21,23-24,30-31H,5-12,15,19,22H2,1-4H3/t23-,24-,30?,31?/m0/s1. The van der Waals surface area contributed by atoms with Gasteiger partial charge < -0.3 is 4.74 Å². The second-order valence-corrected chi connectivity index (χ2v) is 12.2. The number of hydrogen-bond donors (Lipinski definition) is 0. The van der Waals surface area contributed by atoms with Gasteiger partial charge in [-0.05, 0) is 71.7 Å². The molecule has 2 unspecified atom stereocenters. The van der Waals surface area contributed by atoms with Crippen molar-refractivity contribution in [1.82, 2.24) is 4.98 Å². The van der Waals surface area contributed by atoms with Crippen molar-refractivity contribution in [2.24, 2.45) is 11.8 Å². The van der Waals surface area contributed by atoms with Gasteiger partial charge in [0.05, 0.1) is 5.69 Å². The Bertz CT molecular complexity index is 1260. The van der Waals surface area contributed by atoms with Crippen LogP contribution in [0.25, 0.3) is 21.9 Å². The average Bonchev–Trinajstić information content (AvgIpc) is 2.93. The molecule has 1 aromatic heterocycles. The molecule has 2 aromatic carbocycles. The summed E-state index contributed by atoms with van der Waals surface area (Å²) in [4.78, 5) is 17.4. The number of hydrogen-bond acceptors (Lipinski definition) is 3. The lowest BCUT2D eigenvalue weighted by atomic mass is 9.74. The molecule has 0 radical (unpaired) electrons. The summed E-state index contributed by atoms with van der Waals surface area (Å²) >= 11 is 0. The van der Waals surface area contributed by atoms with Crippen LogP contribution in [0.1, 0.15) is 106 Å². The van der Waals surface area contributed by atoms with Crippen LogP contribution in [0.3, 0.4) is 0 Å². The van der Waals surface area contributed by atoms with Crippen LogP contribution in [0.2, 0.25) is 0 Å². The summed E-state index contributed by atoms with van der Waals surface area (Å²) in [5, 5.41) is 2.76. The van der Waals surface area contributed by atoms with E-state index in [2.05, 4.69) is 63.2 Å². The van der Waals surface area contributed by atoms with E-state index in [0.717, 1.165) is 6.42 Å². The Hall–Kier alpha value is -2.52. The minimum absolute atomic E-state index is 0.154. The molecule has 0 bridgehead atoms. The van der Waals surface area contributed by atoms with E-state index < -0.39 is 0 Å². The molecule has 0 spiro atoms. The number of rotatable bonds is 8. The molecule has 2 aliphatic carbocycles. The summed E-state index contributed by atoms with van der Waals surface area (Å²) in [7, 11) is 1.57. The van der Waals surface area contributed by atoms with Gasteiger partial charge in [-0.15, -0.1) is 0 Å². The summed E-state index contributed by atoms with van der Waals surface area (Å²) < 4.78 is 4.97. The smallest absolute Gasteiger partial charge is 0.158 e. The first-order chi connectivity index (χ1) is 18.5. The summed E-state index contributed by atoms with van der Waals surface area (Å²) in [6, 6.07) is 15.8. The van der Waals surface area contributed by atoms with Crippen LogP contribution >= 0.6 is 0 Å². The summed E-state index contributed by atoms with van der Waals surface area (Å²) in [5.41, 5.74) is 7.83. The number of pyridine rings is 1. The monoisotopic (exact) mass is 511 g/mol. The highest BCUT2D eigenvalue weighted by molar-refractivity contribution is 5.92. The first-order valence-corrected chi connectivity index (χ1v) is 15.0. The van der Waals surface area contributed by atoms with Gasteiger partial charge in [0.2, 0.25) is 0 Å². The summed E-state index contributed by atoms with van der Waals surface area (Å²) in [5.74, 6) is 2.70. The van der Waals surface area contributed by atoms with Crippen molar-refractivity contribution in [3.05, 3.63) is 65.0 Å². The third-order valence-electron chi connectivity index (χ3n) is 9.54. The molecular weight excluding hydrogens is 466 g/mol. The molecule has 2 aliphatic rings. The largest absolute Gasteiger partial charge is 0.377 e. The Kier molecular flexibility index (Phi) is 8.63. The molecule has 4 atom stereocenters. The van der Waals surface area contributed by atoms with E-state index in [1.807, 2.05) is 0 Å². The topological polar surface area (TPSA) is 39.2 Å². The summed E-state index contributed by atoms with van der Waals surface area (Å²) in [6.45, 7) is 7.41. The van der Waals surface area contributed by atoms with E-state index >= 15 is 0 Å². The second-order valence-electron chi connectivity index (χ2n) is 12.2. The number of ether oxygens (including phenoxy) is 1. The Morgan fingerprint density at radius 2 is 1.42 bits per heavy atom. The molecule has 1 heterocycles. The van der Waals surface area contributed by atoms with Crippen LogP contribution in [-0.4, -0.2) is 24.5 Å². The number of aryl methyl sites for hydroxylation is 2.